The van der Waals surface area contributed by atoms with Crippen molar-refractivity contribution in [3.8, 4) is 33.4 Å². The Kier molecular flexibility index (Phi) is 11.9. The second-order valence-electron chi connectivity index (χ2n) is 25.8. The van der Waals surface area contributed by atoms with Gasteiger partial charge in [0.25, 0.3) is 0 Å². The van der Waals surface area contributed by atoms with E-state index in [0.717, 1.165) is 51.4 Å². The zero-order chi connectivity index (χ0) is 58.1. The molecule has 18 rings (SSSR count). The van der Waals surface area contributed by atoms with Crippen LogP contribution in [0.1, 0.15) is 68.5 Å². The van der Waals surface area contributed by atoms with Gasteiger partial charge in [0, 0.05) is 0 Å². The number of hydrogen-bond donors (Lipinski definition) is 0. The molecule has 418 valence electrons. The topological polar surface area (TPSA) is 0 Å². The first-order chi connectivity index (χ1) is 43.5. The predicted molar refractivity (Wildman–Crippen MR) is 380 cm³/mol. The average molecular weight is 1120 g/mol. The molecule has 16 aromatic rings. The molecule has 0 bridgehead atoms. The van der Waals surface area contributed by atoms with Crippen molar-refractivity contribution in [3.05, 3.63) is 299 Å². The predicted octanol–water partition coefficient (Wildman–Crippen LogP) is 23.1. The van der Waals surface area contributed by atoms with Crippen LogP contribution < -0.4 is 0 Å². The van der Waals surface area contributed by atoms with Crippen LogP contribution in [0.4, 0.5) is 0 Å². The molecule has 0 heteroatoms. The summed E-state index contributed by atoms with van der Waals surface area (Å²) in [6.07, 6.45) is 16.5. The van der Waals surface area contributed by atoms with Crippen LogP contribution in [0, 0.1) is 0 Å². The van der Waals surface area contributed by atoms with Gasteiger partial charge >= 0.3 is 0 Å². The molecule has 0 atom stereocenters. The Labute approximate surface area is 514 Å². The molecule has 0 heterocycles. The standard InChI is InChI=1S/C88H66/c1-3-5-9-53-21-39-73-77(49-53)85(71-45-37-65-31-29-61-11-7-13-63-35-43-69(71)83(65)81(61)63)78-50-54(10-6-4-2)22-40-74(78)87(73)88-75-41-23-57(17-15-55-19-25-59-27-33-67(59)47-55)51-79(75)86(72-46-38-66-32-30-62-12-8-14-64-36-44-70(72)84(66)82(62)64)80-52-58(24-42-76(80)88)18-16-56-20-26-60-28-34-68(60)48-56/h3-4,7-8,11-14,19-26,29-32,35-52H,1-2,5-6,9-10,15-18,27-28,33-34H2. The van der Waals surface area contributed by atoms with Crippen molar-refractivity contribution in [3.63, 3.8) is 0 Å². The monoisotopic (exact) mass is 1120 g/mol. The van der Waals surface area contributed by atoms with E-state index in [0.29, 0.717) is 0 Å². The number of benzene rings is 16. The third-order valence-electron chi connectivity index (χ3n) is 20.9. The van der Waals surface area contributed by atoms with Gasteiger partial charge in [-0.2, -0.15) is 0 Å². The van der Waals surface area contributed by atoms with Gasteiger partial charge in [-0.25, -0.2) is 0 Å². The van der Waals surface area contributed by atoms with Crippen LogP contribution in [0.15, 0.2) is 244 Å². The van der Waals surface area contributed by atoms with E-state index < -0.39 is 0 Å². The molecule has 2 aliphatic carbocycles. The second-order valence-corrected chi connectivity index (χ2v) is 25.8. The maximum Gasteiger partial charge on any atom is -0.00139 e. The Morgan fingerprint density at radius 2 is 0.534 bits per heavy atom. The highest BCUT2D eigenvalue weighted by atomic mass is 14.3. The number of hydrogen-bond acceptors (Lipinski definition) is 0. The summed E-state index contributed by atoms with van der Waals surface area (Å²) in [5, 5.41) is 26.1. The molecule has 88 heavy (non-hydrogen) atoms. The van der Waals surface area contributed by atoms with Crippen LogP contribution >= 0.6 is 0 Å². The van der Waals surface area contributed by atoms with Crippen LogP contribution in [0.5, 0.6) is 0 Å². The smallest absolute Gasteiger partial charge is 0.00139 e. The molecule has 0 aromatic heterocycles. The lowest BCUT2D eigenvalue weighted by Crippen LogP contribution is -2.08. The van der Waals surface area contributed by atoms with Crippen molar-refractivity contribution in [2.45, 2.75) is 77.0 Å². The molecule has 0 saturated carbocycles. The molecule has 0 spiro atoms. The summed E-state index contributed by atoms with van der Waals surface area (Å²) in [6, 6.07) is 86.8. The minimum Gasteiger partial charge on any atom is -0.103 e. The molecule has 0 nitrogen and oxygen atoms in total. The van der Waals surface area contributed by atoms with E-state index in [1.807, 2.05) is 0 Å². The molecule has 0 amide bonds. The number of allylic oxidation sites excluding steroid dienone is 2. The maximum atomic E-state index is 4.21. The summed E-state index contributed by atoms with van der Waals surface area (Å²) in [7, 11) is 0. The lowest BCUT2D eigenvalue weighted by molar-refractivity contribution is 0.828. The fraction of sp³-hybridized carbons (Fsp3) is 0.136. The largest absolute Gasteiger partial charge is 0.103 e. The lowest BCUT2D eigenvalue weighted by Gasteiger charge is -2.25. The first-order valence-corrected chi connectivity index (χ1v) is 32.3. The maximum absolute atomic E-state index is 4.21. The molecule has 0 radical (unpaired) electrons. The minimum absolute atomic E-state index is 0.912. The molecule has 2 aliphatic rings. The molecule has 0 saturated heterocycles. The molecule has 0 unspecified atom stereocenters. The van der Waals surface area contributed by atoms with Crippen LogP contribution in [-0.4, -0.2) is 0 Å². The van der Waals surface area contributed by atoms with Crippen molar-refractivity contribution in [1.82, 2.24) is 0 Å². The van der Waals surface area contributed by atoms with E-state index >= 15 is 0 Å². The van der Waals surface area contributed by atoms with Crippen LogP contribution in [0.25, 0.3) is 141 Å². The highest BCUT2D eigenvalue weighted by Gasteiger charge is 2.27. The lowest BCUT2D eigenvalue weighted by atomic mass is 9.78. The molecule has 0 fully saturated rings. The normalized spacial score (nSPS) is 13.0. The zero-order valence-electron chi connectivity index (χ0n) is 49.8. The van der Waals surface area contributed by atoms with E-state index in [1.165, 1.54) is 222 Å². The summed E-state index contributed by atoms with van der Waals surface area (Å²) in [4.78, 5) is 0. The molecular formula is C88H66. The van der Waals surface area contributed by atoms with Crippen molar-refractivity contribution in [2.24, 2.45) is 0 Å². The molecular weight excluding hydrogens is 1060 g/mol. The van der Waals surface area contributed by atoms with Gasteiger partial charge in [-0.1, -0.05) is 231 Å². The molecule has 0 aliphatic heterocycles. The van der Waals surface area contributed by atoms with Gasteiger partial charge < -0.3 is 0 Å². The minimum atomic E-state index is 0.912. The van der Waals surface area contributed by atoms with E-state index in [4.69, 9.17) is 0 Å². The first-order valence-electron chi connectivity index (χ1n) is 32.3. The van der Waals surface area contributed by atoms with E-state index in [9.17, 15) is 0 Å². The van der Waals surface area contributed by atoms with E-state index in [-0.39, 0.29) is 0 Å². The van der Waals surface area contributed by atoms with Gasteiger partial charge in [0.15, 0.2) is 0 Å². The van der Waals surface area contributed by atoms with E-state index in [2.05, 4.69) is 244 Å². The van der Waals surface area contributed by atoms with Crippen LogP contribution in [0.3, 0.4) is 0 Å². The molecule has 16 aromatic carbocycles. The second kappa shape index (κ2) is 20.4. The third-order valence-corrected chi connectivity index (χ3v) is 20.9. The summed E-state index contributed by atoms with van der Waals surface area (Å²) < 4.78 is 0. The van der Waals surface area contributed by atoms with Crippen LogP contribution in [-0.2, 0) is 64.2 Å². The van der Waals surface area contributed by atoms with Gasteiger partial charge in [-0.3, -0.25) is 0 Å². The Bertz CT molecular complexity index is 5380. The van der Waals surface area contributed by atoms with Crippen molar-refractivity contribution < 1.29 is 0 Å². The fourth-order valence-corrected chi connectivity index (χ4v) is 16.2. The summed E-state index contributed by atoms with van der Waals surface area (Å²) >= 11 is 0. The quantitative estimate of drug-likeness (QED) is 0.0545. The molecule has 0 N–H and O–H groups in total. The van der Waals surface area contributed by atoms with Gasteiger partial charge in [0.05, 0.1) is 0 Å². The average Bonchev–Trinajstić information content (AvgIpc) is 0.736. The highest BCUT2D eigenvalue weighted by molar-refractivity contribution is 6.34. The number of fused-ring (bicyclic) bond motifs is 6. The summed E-state index contributed by atoms with van der Waals surface area (Å²) in [5.41, 5.74) is 22.2. The highest BCUT2D eigenvalue weighted by Crippen LogP contribution is 2.54. The number of rotatable bonds is 15. The Hall–Kier alpha value is -9.88. The van der Waals surface area contributed by atoms with Gasteiger partial charge in [-0.05, 0) is 274 Å². The Morgan fingerprint density at radius 3 is 0.875 bits per heavy atom. The summed E-state index contributed by atoms with van der Waals surface area (Å²) in [6.45, 7) is 8.42. The summed E-state index contributed by atoms with van der Waals surface area (Å²) in [5.74, 6) is 0. The van der Waals surface area contributed by atoms with Gasteiger partial charge in [-0.15, -0.1) is 13.2 Å². The fourth-order valence-electron chi connectivity index (χ4n) is 16.2. The van der Waals surface area contributed by atoms with Crippen molar-refractivity contribution in [2.75, 3.05) is 0 Å². The van der Waals surface area contributed by atoms with Crippen molar-refractivity contribution in [1.29, 1.82) is 0 Å². The third kappa shape index (κ3) is 8.11. The Balaban J connectivity index is 0.963. The first kappa shape index (κ1) is 51.4. The Morgan fingerprint density at radius 1 is 0.239 bits per heavy atom. The van der Waals surface area contributed by atoms with Crippen molar-refractivity contribution >= 4 is 108 Å². The van der Waals surface area contributed by atoms with E-state index in [1.54, 1.807) is 0 Å². The zero-order valence-corrected chi connectivity index (χ0v) is 49.8. The number of aryl methyl sites for hydroxylation is 10. The van der Waals surface area contributed by atoms with Gasteiger partial charge in [0.2, 0.25) is 0 Å². The SMILES string of the molecule is C=CCCc1ccc2c(-c3c4ccc(CCc5ccc6c(c5)CC6)cc4c(-c4ccc5ccc6cccc7ccc4c5c67)c4cc(CCc5ccc6c(c5)CC6)ccc34)c3ccc(CCC=C)cc3c(-c3ccc4ccc5cccc6ccc3c4c56)c2c1. The van der Waals surface area contributed by atoms with Gasteiger partial charge in [0.1, 0.15) is 0 Å². The van der Waals surface area contributed by atoms with Crippen LogP contribution in [0.2, 0.25) is 0 Å².